The summed E-state index contributed by atoms with van der Waals surface area (Å²) in [5.41, 5.74) is 2.72. The molecule has 20 heavy (non-hydrogen) atoms. The molecule has 1 atom stereocenters. The lowest BCUT2D eigenvalue weighted by Crippen LogP contribution is -2.02. The lowest BCUT2D eigenvalue weighted by atomic mass is 9.88. The first-order valence-corrected chi connectivity index (χ1v) is 8.71. The Labute approximate surface area is 126 Å². The molecule has 1 aromatic rings. The van der Waals surface area contributed by atoms with Crippen LogP contribution in [0.5, 0.6) is 0 Å². The van der Waals surface area contributed by atoms with Crippen molar-refractivity contribution in [1.82, 2.24) is 4.98 Å². The Morgan fingerprint density at radius 1 is 0.900 bits per heavy atom. The maximum atomic E-state index is 4.46. The van der Waals surface area contributed by atoms with Crippen LogP contribution in [-0.4, -0.2) is 4.98 Å². The van der Waals surface area contributed by atoms with E-state index in [2.05, 4.69) is 37.9 Å². The van der Waals surface area contributed by atoms with E-state index in [1.54, 1.807) is 0 Å². The molecule has 0 saturated carbocycles. The van der Waals surface area contributed by atoms with Gasteiger partial charge in [-0.2, -0.15) is 0 Å². The highest BCUT2D eigenvalue weighted by molar-refractivity contribution is 5.22. The van der Waals surface area contributed by atoms with Gasteiger partial charge >= 0.3 is 0 Å². The van der Waals surface area contributed by atoms with Gasteiger partial charge in [0.15, 0.2) is 0 Å². The van der Waals surface area contributed by atoms with Gasteiger partial charge < -0.3 is 0 Å². The molecule has 0 aliphatic heterocycles. The summed E-state index contributed by atoms with van der Waals surface area (Å²) in [6, 6.07) is 4.37. The highest BCUT2D eigenvalue weighted by atomic mass is 14.7. The Morgan fingerprint density at radius 3 is 2.25 bits per heavy atom. The van der Waals surface area contributed by atoms with Gasteiger partial charge in [0.05, 0.1) is 0 Å². The predicted molar refractivity (Wildman–Crippen MR) is 89.2 cm³/mol. The van der Waals surface area contributed by atoms with Gasteiger partial charge in [0.25, 0.3) is 0 Å². The van der Waals surface area contributed by atoms with Crippen molar-refractivity contribution < 1.29 is 0 Å². The van der Waals surface area contributed by atoms with E-state index in [0.29, 0.717) is 0 Å². The van der Waals surface area contributed by atoms with Crippen LogP contribution in [0.4, 0.5) is 0 Å². The summed E-state index contributed by atoms with van der Waals surface area (Å²) in [6.45, 7) is 6.73. The monoisotopic (exact) mass is 275 g/mol. The van der Waals surface area contributed by atoms with Gasteiger partial charge in [-0.15, -0.1) is 0 Å². The molecule has 1 heteroatoms. The molecule has 0 bridgehead atoms. The smallest absolute Gasteiger partial charge is 0.0407 e. The van der Waals surface area contributed by atoms with Crippen molar-refractivity contribution in [2.75, 3.05) is 0 Å². The zero-order valence-electron chi connectivity index (χ0n) is 13.8. The van der Waals surface area contributed by atoms with Crippen molar-refractivity contribution >= 4 is 0 Å². The Morgan fingerprint density at radius 2 is 1.60 bits per heavy atom. The molecule has 1 heterocycles. The van der Waals surface area contributed by atoms with Crippen LogP contribution in [0.15, 0.2) is 18.3 Å². The molecule has 0 aromatic carbocycles. The maximum Gasteiger partial charge on any atom is 0.0407 e. The van der Waals surface area contributed by atoms with Crippen LogP contribution in [0.2, 0.25) is 0 Å². The molecule has 0 spiro atoms. The van der Waals surface area contributed by atoms with E-state index in [4.69, 9.17) is 0 Å². The third-order valence-electron chi connectivity index (χ3n) is 4.28. The number of nitrogens with zero attached hydrogens (tertiary/aromatic N) is 1. The van der Waals surface area contributed by atoms with Gasteiger partial charge in [0.1, 0.15) is 0 Å². The van der Waals surface area contributed by atoms with Gasteiger partial charge in [0.2, 0.25) is 0 Å². The molecule has 1 nitrogen and oxygen atoms in total. The van der Waals surface area contributed by atoms with E-state index in [1.807, 2.05) is 6.20 Å². The Hall–Kier alpha value is -0.850. The molecule has 0 fully saturated rings. The lowest BCUT2D eigenvalue weighted by Gasteiger charge is -2.18. The highest BCUT2D eigenvalue weighted by Crippen LogP contribution is 2.28. The van der Waals surface area contributed by atoms with Crippen LogP contribution in [-0.2, 0) is 0 Å². The second-order valence-electron chi connectivity index (χ2n) is 6.07. The second kappa shape index (κ2) is 10.9. The molecule has 0 saturated heterocycles. The van der Waals surface area contributed by atoms with Crippen molar-refractivity contribution in [1.29, 1.82) is 0 Å². The molecule has 1 unspecified atom stereocenters. The minimum absolute atomic E-state index is 0.726. The molecular formula is C19H33N. The summed E-state index contributed by atoms with van der Waals surface area (Å²) < 4.78 is 0. The summed E-state index contributed by atoms with van der Waals surface area (Å²) in [4.78, 5) is 4.46. The first-order chi connectivity index (χ1) is 9.79. The number of pyridine rings is 1. The van der Waals surface area contributed by atoms with Gasteiger partial charge in [-0.25, -0.2) is 0 Å². The fraction of sp³-hybridized carbons (Fsp3) is 0.737. The maximum absolute atomic E-state index is 4.46. The molecule has 1 rings (SSSR count). The third-order valence-corrected chi connectivity index (χ3v) is 4.28. The molecule has 0 amide bonds. The summed E-state index contributed by atoms with van der Waals surface area (Å²) in [7, 11) is 0. The van der Waals surface area contributed by atoms with E-state index < -0.39 is 0 Å². The minimum atomic E-state index is 0.726. The average molecular weight is 275 g/mol. The van der Waals surface area contributed by atoms with Crippen molar-refractivity contribution in [2.45, 2.75) is 90.9 Å². The lowest BCUT2D eigenvalue weighted by molar-refractivity contribution is 0.507. The van der Waals surface area contributed by atoms with Crippen molar-refractivity contribution in [3.05, 3.63) is 29.6 Å². The summed E-state index contributed by atoms with van der Waals surface area (Å²) >= 11 is 0. The van der Waals surface area contributed by atoms with Crippen LogP contribution in [0.25, 0.3) is 0 Å². The molecule has 1 aromatic heterocycles. The number of hydrogen-bond acceptors (Lipinski definition) is 1. The van der Waals surface area contributed by atoms with E-state index in [1.165, 1.54) is 75.5 Å². The third kappa shape index (κ3) is 6.54. The standard InChI is InChI=1S/C19H33N/c1-4-6-7-8-9-10-11-14-18(13-5-2)19-15-12-16-20-17(19)3/h12,15-16,18H,4-11,13-14H2,1-3H3. The summed E-state index contributed by atoms with van der Waals surface area (Å²) in [5.74, 6) is 0.726. The molecule has 114 valence electrons. The zero-order chi connectivity index (χ0) is 14.6. The molecule has 0 radical (unpaired) electrons. The molecule has 0 aliphatic carbocycles. The molecule has 0 N–H and O–H groups in total. The van der Waals surface area contributed by atoms with E-state index in [-0.39, 0.29) is 0 Å². The fourth-order valence-electron chi connectivity index (χ4n) is 3.08. The number of aromatic nitrogens is 1. The summed E-state index contributed by atoms with van der Waals surface area (Å²) in [5, 5.41) is 0. The Balaban J connectivity index is 2.31. The minimum Gasteiger partial charge on any atom is -0.261 e. The first kappa shape index (κ1) is 17.2. The Kier molecular flexibility index (Phi) is 9.36. The van der Waals surface area contributed by atoms with Crippen LogP contribution in [0.1, 0.15) is 95.2 Å². The SMILES string of the molecule is CCCCCCCCCC(CCC)c1cccnc1C. The van der Waals surface area contributed by atoms with Gasteiger partial charge in [-0.05, 0) is 37.3 Å². The first-order valence-electron chi connectivity index (χ1n) is 8.71. The van der Waals surface area contributed by atoms with Crippen LogP contribution in [0, 0.1) is 6.92 Å². The zero-order valence-corrected chi connectivity index (χ0v) is 13.8. The second-order valence-corrected chi connectivity index (χ2v) is 6.07. The number of rotatable bonds is 11. The van der Waals surface area contributed by atoms with E-state index in [0.717, 1.165) is 5.92 Å². The number of hydrogen-bond donors (Lipinski definition) is 0. The largest absolute Gasteiger partial charge is 0.261 e. The normalized spacial score (nSPS) is 12.6. The number of unbranched alkanes of at least 4 members (excludes halogenated alkanes) is 6. The quantitative estimate of drug-likeness (QED) is 0.425. The highest BCUT2D eigenvalue weighted by Gasteiger charge is 2.12. The van der Waals surface area contributed by atoms with E-state index >= 15 is 0 Å². The van der Waals surface area contributed by atoms with Crippen molar-refractivity contribution in [3.8, 4) is 0 Å². The van der Waals surface area contributed by atoms with Crippen LogP contribution < -0.4 is 0 Å². The van der Waals surface area contributed by atoms with Crippen molar-refractivity contribution in [3.63, 3.8) is 0 Å². The molecule has 0 aliphatic rings. The van der Waals surface area contributed by atoms with Crippen LogP contribution >= 0.6 is 0 Å². The molecular weight excluding hydrogens is 242 g/mol. The van der Waals surface area contributed by atoms with E-state index in [9.17, 15) is 0 Å². The van der Waals surface area contributed by atoms with Crippen LogP contribution in [0.3, 0.4) is 0 Å². The predicted octanol–water partition coefficient (Wildman–Crippen LogP) is 6.41. The fourth-order valence-corrected chi connectivity index (χ4v) is 3.08. The topological polar surface area (TPSA) is 12.9 Å². The van der Waals surface area contributed by atoms with Gasteiger partial charge in [-0.1, -0.05) is 71.3 Å². The van der Waals surface area contributed by atoms with Gasteiger partial charge in [0, 0.05) is 11.9 Å². The summed E-state index contributed by atoms with van der Waals surface area (Å²) in [6.07, 6.45) is 15.7. The average Bonchev–Trinajstić information content (AvgIpc) is 2.46. The number of aryl methyl sites for hydroxylation is 1. The van der Waals surface area contributed by atoms with Gasteiger partial charge in [-0.3, -0.25) is 4.98 Å². The Bertz CT molecular complexity index is 345. The van der Waals surface area contributed by atoms with Crippen molar-refractivity contribution in [2.24, 2.45) is 0 Å².